The van der Waals surface area contributed by atoms with Crippen molar-refractivity contribution in [2.75, 3.05) is 13.1 Å². The summed E-state index contributed by atoms with van der Waals surface area (Å²) in [5.74, 6) is 0.0621. The maximum absolute atomic E-state index is 13.0. The van der Waals surface area contributed by atoms with Gasteiger partial charge in [0, 0.05) is 19.1 Å². The highest BCUT2D eigenvalue weighted by Crippen LogP contribution is 2.34. The molecular formula is C15H25ClN4O4S. The summed E-state index contributed by atoms with van der Waals surface area (Å²) in [5.41, 5.74) is 5.11. The largest absolute Gasteiger partial charge is 0.360 e. The van der Waals surface area contributed by atoms with Crippen molar-refractivity contribution in [2.45, 2.75) is 62.4 Å². The molecule has 8 nitrogen and oxygen atoms in total. The van der Waals surface area contributed by atoms with Crippen LogP contribution in [0.25, 0.3) is 0 Å². The Bertz CT molecular complexity index is 723. The third-order valence-electron chi connectivity index (χ3n) is 4.94. The van der Waals surface area contributed by atoms with E-state index in [0.29, 0.717) is 31.6 Å². The number of hydrogen-bond acceptors (Lipinski definition) is 6. The Morgan fingerprint density at radius 1 is 1.36 bits per heavy atom. The van der Waals surface area contributed by atoms with E-state index in [1.54, 1.807) is 18.7 Å². The van der Waals surface area contributed by atoms with Gasteiger partial charge in [-0.3, -0.25) is 4.79 Å². The highest BCUT2D eigenvalue weighted by Gasteiger charge is 2.48. The molecule has 1 aromatic rings. The lowest BCUT2D eigenvalue weighted by atomic mass is 9.97. The van der Waals surface area contributed by atoms with E-state index >= 15 is 0 Å². The standard InChI is InChI=1S/C15H24N4O4S.ClH/c1-10-13(11(2)23-17-10)24(21,22)18-15(6-3-4-7-15)14(20)19-8-5-12(16)9-19;/h12,18H,3-9,16H2,1-2H3;1H/t12-;/m1./s1. The Balaban J connectivity index is 0.00000225. The molecule has 1 saturated carbocycles. The molecule has 1 aromatic heterocycles. The van der Waals surface area contributed by atoms with Crippen LogP contribution in [-0.4, -0.2) is 49.1 Å². The van der Waals surface area contributed by atoms with Gasteiger partial charge in [-0.05, 0) is 33.1 Å². The fraction of sp³-hybridized carbons (Fsp3) is 0.733. The molecule has 3 N–H and O–H groups in total. The molecule has 1 atom stereocenters. The van der Waals surface area contributed by atoms with Crippen molar-refractivity contribution < 1.29 is 17.7 Å². The molecule has 1 amide bonds. The number of aromatic nitrogens is 1. The van der Waals surface area contributed by atoms with Crippen molar-refractivity contribution in [3.63, 3.8) is 0 Å². The van der Waals surface area contributed by atoms with E-state index < -0.39 is 15.6 Å². The Labute approximate surface area is 153 Å². The summed E-state index contributed by atoms with van der Waals surface area (Å²) in [6.07, 6.45) is 3.38. The lowest BCUT2D eigenvalue weighted by Crippen LogP contribution is -2.58. The van der Waals surface area contributed by atoms with Crippen LogP contribution in [0.4, 0.5) is 0 Å². The molecule has 2 heterocycles. The molecule has 1 saturated heterocycles. The van der Waals surface area contributed by atoms with Crippen molar-refractivity contribution in [1.29, 1.82) is 0 Å². The number of nitrogens with two attached hydrogens (primary N) is 1. The van der Waals surface area contributed by atoms with Crippen LogP contribution in [-0.2, 0) is 14.8 Å². The van der Waals surface area contributed by atoms with Crippen molar-refractivity contribution in [1.82, 2.24) is 14.8 Å². The monoisotopic (exact) mass is 392 g/mol. The lowest BCUT2D eigenvalue weighted by molar-refractivity contribution is -0.136. The minimum Gasteiger partial charge on any atom is -0.360 e. The molecule has 25 heavy (non-hydrogen) atoms. The minimum absolute atomic E-state index is 0. The average molecular weight is 393 g/mol. The number of carbonyl (C=O) groups is 1. The number of rotatable bonds is 4. The summed E-state index contributed by atoms with van der Waals surface area (Å²) in [7, 11) is -3.89. The first-order chi connectivity index (χ1) is 11.3. The van der Waals surface area contributed by atoms with Crippen LogP contribution < -0.4 is 10.5 Å². The van der Waals surface area contributed by atoms with Crippen molar-refractivity contribution >= 4 is 28.3 Å². The van der Waals surface area contributed by atoms with E-state index in [1.807, 2.05) is 0 Å². The number of hydrogen-bond donors (Lipinski definition) is 2. The van der Waals surface area contributed by atoms with Gasteiger partial charge in [-0.25, -0.2) is 8.42 Å². The highest BCUT2D eigenvalue weighted by atomic mass is 35.5. The molecule has 142 valence electrons. The van der Waals surface area contributed by atoms with Gasteiger partial charge in [0.25, 0.3) is 0 Å². The second-order valence-electron chi connectivity index (χ2n) is 6.85. The third kappa shape index (κ3) is 3.69. The molecule has 1 aliphatic heterocycles. The third-order valence-corrected chi connectivity index (χ3v) is 6.72. The first kappa shape index (κ1) is 20.2. The molecule has 1 aliphatic carbocycles. The van der Waals surface area contributed by atoms with Crippen LogP contribution in [0.3, 0.4) is 0 Å². The van der Waals surface area contributed by atoms with Crippen LogP contribution in [0.2, 0.25) is 0 Å². The number of carbonyl (C=O) groups excluding carboxylic acids is 1. The predicted octanol–water partition coefficient (Wildman–Crippen LogP) is 0.864. The van der Waals surface area contributed by atoms with E-state index in [4.69, 9.17) is 10.3 Å². The molecule has 0 radical (unpaired) electrons. The highest BCUT2D eigenvalue weighted by molar-refractivity contribution is 7.89. The van der Waals surface area contributed by atoms with Gasteiger partial charge in [0.15, 0.2) is 5.76 Å². The molecule has 10 heteroatoms. The summed E-state index contributed by atoms with van der Waals surface area (Å²) in [5, 5.41) is 3.71. The van der Waals surface area contributed by atoms with Gasteiger partial charge < -0.3 is 15.2 Å². The Hall–Kier alpha value is -1.16. The van der Waals surface area contributed by atoms with Gasteiger partial charge in [0.05, 0.1) is 0 Å². The SMILES string of the molecule is Cc1noc(C)c1S(=O)(=O)NC1(C(=O)N2CC[C@@H](N)C2)CCCC1.Cl. The lowest BCUT2D eigenvalue weighted by Gasteiger charge is -2.32. The van der Waals surface area contributed by atoms with Crippen LogP contribution in [0, 0.1) is 13.8 Å². The fourth-order valence-electron chi connectivity index (χ4n) is 3.78. The Morgan fingerprint density at radius 2 is 2.00 bits per heavy atom. The Kier molecular flexibility index (Phi) is 5.82. The van der Waals surface area contributed by atoms with Gasteiger partial charge in [0.2, 0.25) is 15.9 Å². The number of nitrogens with one attached hydrogen (secondary N) is 1. The van der Waals surface area contributed by atoms with Crippen LogP contribution in [0.15, 0.2) is 9.42 Å². The molecule has 0 spiro atoms. The zero-order valence-corrected chi connectivity index (χ0v) is 16.1. The van der Waals surface area contributed by atoms with Crippen LogP contribution >= 0.6 is 12.4 Å². The summed E-state index contributed by atoms with van der Waals surface area (Å²) in [6, 6.07) is -0.0356. The normalized spacial score (nSPS) is 22.8. The fourth-order valence-corrected chi connectivity index (χ4v) is 5.53. The quantitative estimate of drug-likeness (QED) is 0.784. The van der Waals surface area contributed by atoms with Crippen molar-refractivity contribution in [3.05, 3.63) is 11.5 Å². The smallest absolute Gasteiger partial charge is 0.246 e. The van der Waals surface area contributed by atoms with Gasteiger partial charge in [-0.15, -0.1) is 12.4 Å². The summed E-state index contributed by atoms with van der Waals surface area (Å²) in [4.78, 5) is 14.8. The van der Waals surface area contributed by atoms with Crippen molar-refractivity contribution in [3.8, 4) is 0 Å². The molecular weight excluding hydrogens is 368 g/mol. The number of amides is 1. The van der Waals surface area contributed by atoms with Crippen molar-refractivity contribution in [2.24, 2.45) is 5.73 Å². The molecule has 3 rings (SSSR count). The molecule has 2 aliphatic rings. The van der Waals surface area contributed by atoms with Gasteiger partial charge in [0.1, 0.15) is 16.1 Å². The molecule has 0 bridgehead atoms. The summed E-state index contributed by atoms with van der Waals surface area (Å²) in [6.45, 7) is 4.19. The molecule has 2 fully saturated rings. The predicted molar refractivity (Wildman–Crippen MR) is 93.9 cm³/mol. The first-order valence-corrected chi connectivity index (χ1v) is 9.75. The number of nitrogens with zero attached hydrogens (tertiary/aromatic N) is 2. The Morgan fingerprint density at radius 3 is 2.48 bits per heavy atom. The van der Waals surface area contributed by atoms with Gasteiger partial charge in [-0.2, -0.15) is 4.72 Å². The number of sulfonamides is 1. The van der Waals surface area contributed by atoms with E-state index in [-0.39, 0.29) is 35.0 Å². The second-order valence-corrected chi connectivity index (χ2v) is 8.47. The topological polar surface area (TPSA) is 119 Å². The average Bonchev–Trinajstić information content (AvgIpc) is 3.20. The number of aryl methyl sites for hydroxylation is 2. The number of likely N-dealkylation sites (tertiary alicyclic amines) is 1. The van der Waals surface area contributed by atoms with E-state index in [9.17, 15) is 13.2 Å². The zero-order valence-electron chi connectivity index (χ0n) is 14.4. The van der Waals surface area contributed by atoms with Gasteiger partial charge in [-0.1, -0.05) is 18.0 Å². The molecule has 0 unspecified atom stereocenters. The van der Waals surface area contributed by atoms with E-state index in [2.05, 4.69) is 9.88 Å². The van der Waals surface area contributed by atoms with E-state index in [1.165, 1.54) is 0 Å². The second kappa shape index (κ2) is 7.22. The zero-order chi connectivity index (χ0) is 17.5. The van der Waals surface area contributed by atoms with E-state index in [0.717, 1.165) is 19.3 Å². The van der Waals surface area contributed by atoms with Crippen LogP contribution in [0.1, 0.15) is 43.6 Å². The minimum atomic E-state index is -3.89. The first-order valence-electron chi connectivity index (χ1n) is 8.27. The summed E-state index contributed by atoms with van der Waals surface area (Å²) >= 11 is 0. The molecule has 0 aromatic carbocycles. The maximum atomic E-state index is 13.0. The van der Waals surface area contributed by atoms with Gasteiger partial charge >= 0.3 is 0 Å². The van der Waals surface area contributed by atoms with Crippen LogP contribution in [0.5, 0.6) is 0 Å². The maximum Gasteiger partial charge on any atom is 0.246 e. The summed E-state index contributed by atoms with van der Waals surface area (Å²) < 4.78 is 33.4. The number of halogens is 1.